The number of carbonyl (C=O) groups excluding carboxylic acids is 1. The van der Waals surface area contributed by atoms with Gasteiger partial charge in [-0.1, -0.05) is 13.0 Å². The molecular formula is C11H15N5O2S. The Bertz CT molecular complexity index is 525. The minimum Gasteiger partial charge on any atom is -0.391 e. The van der Waals surface area contributed by atoms with Crippen LogP contribution in [0.15, 0.2) is 17.5 Å². The molecule has 0 radical (unpaired) electrons. The van der Waals surface area contributed by atoms with Crippen LogP contribution in [-0.2, 0) is 11.3 Å². The Morgan fingerprint density at radius 1 is 1.63 bits per heavy atom. The molecule has 2 aromatic rings. The van der Waals surface area contributed by atoms with Crippen molar-refractivity contribution in [3.05, 3.63) is 17.5 Å². The predicted octanol–water partition coefficient (Wildman–Crippen LogP) is 0.289. The maximum atomic E-state index is 11.6. The number of tetrazole rings is 1. The highest BCUT2D eigenvalue weighted by molar-refractivity contribution is 7.13. The monoisotopic (exact) mass is 281 g/mol. The second-order valence-electron chi connectivity index (χ2n) is 3.99. The first-order valence-corrected chi connectivity index (χ1v) is 6.83. The first kappa shape index (κ1) is 13.6. The number of nitrogens with one attached hydrogen (secondary N) is 1. The largest absolute Gasteiger partial charge is 0.391 e. The first-order valence-electron chi connectivity index (χ1n) is 5.95. The fraction of sp³-hybridized carbons (Fsp3) is 0.455. The van der Waals surface area contributed by atoms with Gasteiger partial charge in [0.05, 0.1) is 11.0 Å². The van der Waals surface area contributed by atoms with E-state index >= 15 is 0 Å². The Balaban J connectivity index is 1.88. The molecule has 1 amide bonds. The van der Waals surface area contributed by atoms with Gasteiger partial charge >= 0.3 is 0 Å². The van der Waals surface area contributed by atoms with Crippen molar-refractivity contribution in [2.24, 2.45) is 0 Å². The molecule has 2 aromatic heterocycles. The average Bonchev–Trinajstić information content (AvgIpc) is 3.06. The summed E-state index contributed by atoms with van der Waals surface area (Å²) < 4.78 is 0. The number of aromatic nitrogens is 4. The molecule has 2 N–H and O–H groups in total. The molecular weight excluding hydrogens is 266 g/mol. The third kappa shape index (κ3) is 3.83. The van der Waals surface area contributed by atoms with Crippen molar-refractivity contribution in [3.63, 3.8) is 0 Å². The zero-order chi connectivity index (χ0) is 13.7. The van der Waals surface area contributed by atoms with E-state index in [1.165, 1.54) is 16.1 Å². The van der Waals surface area contributed by atoms with Crippen LogP contribution in [0, 0.1) is 0 Å². The lowest BCUT2D eigenvalue weighted by Crippen LogP contribution is -2.34. The third-order valence-corrected chi connectivity index (χ3v) is 3.35. The van der Waals surface area contributed by atoms with Gasteiger partial charge in [-0.2, -0.15) is 4.80 Å². The molecule has 0 aromatic carbocycles. The summed E-state index contributed by atoms with van der Waals surface area (Å²) >= 11 is 1.51. The number of rotatable bonds is 6. The Morgan fingerprint density at radius 2 is 2.47 bits per heavy atom. The lowest BCUT2D eigenvalue weighted by Gasteiger charge is -2.08. The molecule has 0 spiro atoms. The molecule has 0 fully saturated rings. The SMILES string of the molecule is CCC(O)CNC(=O)Cn1nnc(-c2cccs2)n1. The number of hydrogen-bond donors (Lipinski definition) is 2. The number of aliphatic hydroxyl groups excluding tert-OH is 1. The zero-order valence-corrected chi connectivity index (χ0v) is 11.3. The Hall–Kier alpha value is -1.80. The van der Waals surface area contributed by atoms with E-state index in [9.17, 15) is 9.90 Å². The van der Waals surface area contributed by atoms with Gasteiger partial charge in [-0.15, -0.1) is 21.5 Å². The van der Waals surface area contributed by atoms with E-state index in [1.807, 2.05) is 24.4 Å². The van der Waals surface area contributed by atoms with Crippen LogP contribution in [0.3, 0.4) is 0 Å². The van der Waals surface area contributed by atoms with Crippen LogP contribution < -0.4 is 5.32 Å². The van der Waals surface area contributed by atoms with Crippen LogP contribution in [0.25, 0.3) is 10.7 Å². The van der Waals surface area contributed by atoms with Crippen molar-refractivity contribution in [2.45, 2.75) is 26.0 Å². The summed E-state index contributed by atoms with van der Waals surface area (Å²) in [5, 5.41) is 25.7. The van der Waals surface area contributed by atoms with E-state index < -0.39 is 6.10 Å². The molecule has 102 valence electrons. The minimum atomic E-state index is -0.519. The Labute approximate surface area is 114 Å². The Morgan fingerprint density at radius 3 is 3.16 bits per heavy atom. The Kier molecular flexibility index (Phi) is 4.58. The number of aliphatic hydroxyl groups is 1. The van der Waals surface area contributed by atoms with E-state index in [0.29, 0.717) is 12.2 Å². The molecule has 19 heavy (non-hydrogen) atoms. The molecule has 0 aliphatic rings. The second-order valence-corrected chi connectivity index (χ2v) is 4.93. The summed E-state index contributed by atoms with van der Waals surface area (Å²) in [7, 11) is 0. The number of hydrogen-bond acceptors (Lipinski definition) is 6. The van der Waals surface area contributed by atoms with Crippen LogP contribution in [0.4, 0.5) is 0 Å². The van der Waals surface area contributed by atoms with E-state index in [4.69, 9.17) is 0 Å². The van der Waals surface area contributed by atoms with Crippen molar-refractivity contribution < 1.29 is 9.90 Å². The van der Waals surface area contributed by atoms with Crippen LogP contribution in [-0.4, -0.2) is 43.9 Å². The van der Waals surface area contributed by atoms with Gasteiger partial charge in [0, 0.05) is 6.54 Å². The molecule has 2 rings (SSSR count). The van der Waals surface area contributed by atoms with Gasteiger partial charge < -0.3 is 10.4 Å². The highest BCUT2D eigenvalue weighted by Crippen LogP contribution is 2.19. The second kappa shape index (κ2) is 6.39. The van der Waals surface area contributed by atoms with E-state index in [1.54, 1.807) is 0 Å². The van der Waals surface area contributed by atoms with E-state index in [0.717, 1.165) is 4.88 Å². The average molecular weight is 281 g/mol. The topological polar surface area (TPSA) is 92.9 Å². The van der Waals surface area contributed by atoms with E-state index in [-0.39, 0.29) is 19.0 Å². The zero-order valence-electron chi connectivity index (χ0n) is 10.5. The smallest absolute Gasteiger partial charge is 0.243 e. The van der Waals surface area contributed by atoms with Crippen molar-refractivity contribution in [1.82, 2.24) is 25.5 Å². The van der Waals surface area contributed by atoms with Gasteiger partial charge in [-0.3, -0.25) is 4.79 Å². The summed E-state index contributed by atoms with van der Waals surface area (Å²) in [4.78, 5) is 13.7. The minimum absolute atomic E-state index is 0.00515. The molecule has 0 aliphatic carbocycles. The predicted molar refractivity (Wildman–Crippen MR) is 70.4 cm³/mol. The number of thiophene rings is 1. The van der Waals surface area contributed by atoms with Gasteiger partial charge in [-0.05, 0) is 23.1 Å². The van der Waals surface area contributed by atoms with Gasteiger partial charge in [0.15, 0.2) is 0 Å². The number of carbonyl (C=O) groups is 1. The van der Waals surface area contributed by atoms with Crippen molar-refractivity contribution in [1.29, 1.82) is 0 Å². The maximum Gasteiger partial charge on any atom is 0.243 e. The fourth-order valence-corrected chi connectivity index (χ4v) is 2.02. The van der Waals surface area contributed by atoms with E-state index in [2.05, 4.69) is 20.7 Å². The van der Waals surface area contributed by atoms with Crippen molar-refractivity contribution in [3.8, 4) is 10.7 Å². The van der Waals surface area contributed by atoms with Crippen LogP contribution in [0.5, 0.6) is 0 Å². The van der Waals surface area contributed by atoms with Crippen LogP contribution >= 0.6 is 11.3 Å². The molecule has 0 bridgehead atoms. The highest BCUT2D eigenvalue weighted by Gasteiger charge is 2.10. The van der Waals surface area contributed by atoms with Crippen molar-refractivity contribution in [2.75, 3.05) is 6.54 Å². The summed E-state index contributed by atoms with van der Waals surface area (Å²) in [6, 6.07) is 3.79. The molecule has 0 saturated heterocycles. The molecule has 0 saturated carbocycles. The third-order valence-electron chi connectivity index (χ3n) is 2.49. The number of nitrogens with zero attached hydrogens (tertiary/aromatic N) is 4. The maximum absolute atomic E-state index is 11.6. The summed E-state index contributed by atoms with van der Waals surface area (Å²) in [6.45, 7) is 2.08. The summed E-state index contributed by atoms with van der Waals surface area (Å²) in [5.41, 5.74) is 0. The summed E-state index contributed by atoms with van der Waals surface area (Å²) in [5.74, 6) is 0.263. The molecule has 1 unspecified atom stereocenters. The fourth-order valence-electron chi connectivity index (χ4n) is 1.37. The first-order chi connectivity index (χ1) is 9.19. The molecule has 2 heterocycles. The highest BCUT2D eigenvalue weighted by atomic mass is 32.1. The number of amides is 1. The molecule has 0 aliphatic heterocycles. The normalized spacial score (nSPS) is 12.3. The van der Waals surface area contributed by atoms with Gasteiger partial charge in [0.2, 0.25) is 11.7 Å². The molecule has 1 atom stereocenters. The summed E-state index contributed by atoms with van der Waals surface area (Å²) in [6.07, 6.45) is 0.0824. The molecule has 7 nitrogen and oxygen atoms in total. The standard InChI is InChI=1S/C11H15N5O2S/c1-2-8(17)6-12-10(18)7-16-14-11(13-15-16)9-4-3-5-19-9/h3-5,8,17H,2,6-7H2,1H3,(H,12,18). The quantitative estimate of drug-likeness (QED) is 0.794. The van der Waals surface area contributed by atoms with Crippen LogP contribution in [0.2, 0.25) is 0 Å². The van der Waals surface area contributed by atoms with Crippen LogP contribution in [0.1, 0.15) is 13.3 Å². The van der Waals surface area contributed by atoms with Gasteiger partial charge in [0.1, 0.15) is 6.54 Å². The lowest BCUT2D eigenvalue weighted by molar-refractivity contribution is -0.122. The van der Waals surface area contributed by atoms with Crippen molar-refractivity contribution >= 4 is 17.2 Å². The lowest BCUT2D eigenvalue weighted by atomic mass is 10.3. The van der Waals surface area contributed by atoms with Gasteiger partial charge in [0.25, 0.3) is 0 Å². The molecule has 8 heteroatoms. The van der Waals surface area contributed by atoms with Gasteiger partial charge in [-0.25, -0.2) is 0 Å².